The molecule has 1 aliphatic heterocycles. The fraction of sp³-hybridized carbons (Fsp3) is 0.474. The summed E-state index contributed by atoms with van der Waals surface area (Å²) in [5, 5.41) is 11.1. The van der Waals surface area contributed by atoms with Crippen LogP contribution in [0.5, 0.6) is 0 Å². The number of carboxylic acid groups (broad SMARTS) is 1. The van der Waals surface area contributed by atoms with Crippen LogP contribution in [0.15, 0.2) is 28.9 Å². The number of benzene rings is 1. The number of hydrogen-bond donors (Lipinski definition) is 1. The first kappa shape index (κ1) is 19.5. The van der Waals surface area contributed by atoms with Gasteiger partial charge in [-0.15, -0.1) is 0 Å². The van der Waals surface area contributed by atoms with Crippen LogP contribution >= 0.6 is 11.6 Å². The average molecular weight is 395 g/mol. The molecule has 1 saturated heterocycles. The van der Waals surface area contributed by atoms with Gasteiger partial charge in [0.1, 0.15) is 17.2 Å². The van der Waals surface area contributed by atoms with Crippen LogP contribution in [0.4, 0.5) is 4.79 Å². The summed E-state index contributed by atoms with van der Waals surface area (Å²) in [6.45, 7) is 6.74. The van der Waals surface area contributed by atoms with E-state index in [1.807, 2.05) is 23.1 Å². The Morgan fingerprint density at radius 2 is 2.07 bits per heavy atom. The second-order valence-corrected chi connectivity index (χ2v) is 8.10. The Hall–Kier alpha value is -2.25. The number of furan rings is 1. The van der Waals surface area contributed by atoms with E-state index in [1.54, 1.807) is 27.0 Å². The number of carbonyl (C=O) groups excluding carboxylic acids is 1. The molecular formula is C19H23ClN2O5. The van der Waals surface area contributed by atoms with E-state index in [1.165, 1.54) is 4.90 Å². The van der Waals surface area contributed by atoms with Crippen molar-refractivity contribution >= 4 is 34.6 Å². The van der Waals surface area contributed by atoms with E-state index in [-0.39, 0.29) is 13.1 Å². The number of nitrogens with zero attached hydrogens (tertiary/aromatic N) is 2. The molecule has 0 saturated carbocycles. The molecule has 1 amide bonds. The van der Waals surface area contributed by atoms with Crippen molar-refractivity contribution in [2.24, 2.45) is 0 Å². The van der Waals surface area contributed by atoms with Gasteiger partial charge in [-0.25, -0.2) is 9.59 Å². The zero-order valence-electron chi connectivity index (χ0n) is 15.6. The Morgan fingerprint density at radius 1 is 1.33 bits per heavy atom. The topological polar surface area (TPSA) is 83.2 Å². The number of fused-ring (bicyclic) bond motifs is 1. The highest BCUT2D eigenvalue weighted by atomic mass is 35.5. The third-order valence-electron chi connectivity index (χ3n) is 4.36. The monoisotopic (exact) mass is 394 g/mol. The summed E-state index contributed by atoms with van der Waals surface area (Å²) in [4.78, 5) is 27.4. The van der Waals surface area contributed by atoms with Gasteiger partial charge >= 0.3 is 12.1 Å². The predicted octanol–water partition coefficient (Wildman–Crippen LogP) is 3.59. The molecule has 1 atom stereocenters. The molecule has 0 bridgehead atoms. The van der Waals surface area contributed by atoms with Gasteiger partial charge in [0.05, 0.1) is 6.26 Å². The van der Waals surface area contributed by atoms with Crippen molar-refractivity contribution < 1.29 is 23.8 Å². The molecule has 1 aromatic heterocycles. The van der Waals surface area contributed by atoms with Gasteiger partial charge in [0.15, 0.2) is 0 Å². The van der Waals surface area contributed by atoms with Crippen LogP contribution in [-0.4, -0.2) is 58.2 Å². The Balaban J connectivity index is 1.75. The maximum absolute atomic E-state index is 12.4. The lowest BCUT2D eigenvalue weighted by Gasteiger charge is -2.39. The number of rotatable bonds is 3. The lowest BCUT2D eigenvalue weighted by molar-refractivity contribution is -0.145. The number of piperazine rings is 1. The van der Waals surface area contributed by atoms with E-state index in [0.29, 0.717) is 18.1 Å². The average Bonchev–Trinajstić information content (AvgIpc) is 3.01. The molecule has 0 radical (unpaired) electrons. The minimum absolute atomic E-state index is 0.198. The minimum Gasteiger partial charge on any atom is -0.480 e. The summed E-state index contributed by atoms with van der Waals surface area (Å²) in [7, 11) is 0. The highest BCUT2D eigenvalue weighted by Crippen LogP contribution is 2.27. The number of hydrogen-bond acceptors (Lipinski definition) is 5. The second kappa shape index (κ2) is 7.40. The summed E-state index contributed by atoms with van der Waals surface area (Å²) in [6, 6.07) is 4.51. The lowest BCUT2D eigenvalue weighted by atomic mass is 10.1. The highest BCUT2D eigenvalue weighted by Gasteiger charge is 2.37. The van der Waals surface area contributed by atoms with E-state index in [2.05, 4.69) is 0 Å². The zero-order chi connectivity index (χ0) is 19.8. The van der Waals surface area contributed by atoms with Crippen LogP contribution in [0.3, 0.4) is 0 Å². The summed E-state index contributed by atoms with van der Waals surface area (Å²) in [6.07, 6.45) is 0.996. The molecule has 8 heteroatoms. The Morgan fingerprint density at radius 3 is 2.74 bits per heavy atom. The Bertz CT molecular complexity index is 857. The zero-order valence-corrected chi connectivity index (χ0v) is 16.3. The van der Waals surface area contributed by atoms with Gasteiger partial charge in [-0.2, -0.15) is 0 Å². The maximum Gasteiger partial charge on any atom is 0.411 e. The predicted molar refractivity (Wildman–Crippen MR) is 101 cm³/mol. The number of carbonyl (C=O) groups is 2. The minimum atomic E-state index is -1.06. The molecule has 1 N–H and O–H groups in total. The molecule has 3 rings (SSSR count). The molecule has 1 unspecified atom stereocenters. The number of halogens is 1. The molecule has 1 fully saturated rings. The smallest absolute Gasteiger partial charge is 0.411 e. The molecule has 27 heavy (non-hydrogen) atoms. The van der Waals surface area contributed by atoms with Crippen molar-refractivity contribution in [1.82, 2.24) is 9.80 Å². The van der Waals surface area contributed by atoms with Gasteiger partial charge in [-0.1, -0.05) is 11.6 Å². The molecule has 1 aromatic carbocycles. The SMILES string of the molecule is CC(C)(C)OC(=O)N1CCN(Cc2cc(Cl)cc3ccoc23)CC1C(=O)O. The molecule has 0 spiro atoms. The van der Waals surface area contributed by atoms with Crippen LogP contribution in [0.25, 0.3) is 11.0 Å². The van der Waals surface area contributed by atoms with Crippen molar-refractivity contribution in [3.63, 3.8) is 0 Å². The first-order valence-electron chi connectivity index (χ1n) is 8.74. The van der Waals surface area contributed by atoms with Crippen LogP contribution in [0, 0.1) is 0 Å². The number of amides is 1. The lowest BCUT2D eigenvalue weighted by Crippen LogP contribution is -2.58. The quantitative estimate of drug-likeness (QED) is 0.856. The van der Waals surface area contributed by atoms with Crippen molar-refractivity contribution in [1.29, 1.82) is 0 Å². The van der Waals surface area contributed by atoms with Crippen molar-refractivity contribution in [3.8, 4) is 0 Å². The van der Waals surface area contributed by atoms with Gasteiger partial charge in [0.25, 0.3) is 0 Å². The van der Waals surface area contributed by atoms with Gasteiger partial charge in [-0.05, 0) is 39.0 Å². The van der Waals surface area contributed by atoms with Gasteiger partial charge in [0, 0.05) is 42.2 Å². The van der Waals surface area contributed by atoms with E-state index >= 15 is 0 Å². The van der Waals surface area contributed by atoms with Crippen LogP contribution < -0.4 is 0 Å². The second-order valence-electron chi connectivity index (χ2n) is 7.67. The Kier molecular flexibility index (Phi) is 5.35. The molecule has 1 aliphatic rings. The fourth-order valence-corrected chi connectivity index (χ4v) is 3.46. The van der Waals surface area contributed by atoms with E-state index < -0.39 is 23.7 Å². The van der Waals surface area contributed by atoms with E-state index in [4.69, 9.17) is 20.8 Å². The van der Waals surface area contributed by atoms with E-state index in [0.717, 1.165) is 16.5 Å². The van der Waals surface area contributed by atoms with Crippen molar-refractivity contribution in [3.05, 3.63) is 35.0 Å². The fourth-order valence-electron chi connectivity index (χ4n) is 3.21. The summed E-state index contributed by atoms with van der Waals surface area (Å²) < 4.78 is 10.9. The summed E-state index contributed by atoms with van der Waals surface area (Å²) in [5.74, 6) is -1.06. The molecule has 146 valence electrons. The van der Waals surface area contributed by atoms with Crippen molar-refractivity contribution in [2.45, 2.75) is 39.0 Å². The summed E-state index contributed by atoms with van der Waals surface area (Å²) in [5.41, 5.74) is 0.946. The normalized spacial score (nSPS) is 18.7. The third-order valence-corrected chi connectivity index (χ3v) is 4.58. The molecular weight excluding hydrogens is 372 g/mol. The maximum atomic E-state index is 12.4. The standard InChI is InChI=1S/C19H23ClN2O5/c1-19(2,3)27-18(25)22-6-5-21(11-15(22)17(23)24)10-13-9-14(20)8-12-4-7-26-16(12)13/h4,7-9,15H,5-6,10-11H2,1-3H3,(H,23,24). The molecule has 2 heterocycles. The van der Waals surface area contributed by atoms with Crippen LogP contribution in [-0.2, 0) is 16.1 Å². The number of ether oxygens (including phenoxy) is 1. The van der Waals surface area contributed by atoms with Gasteiger partial charge < -0.3 is 14.3 Å². The van der Waals surface area contributed by atoms with E-state index in [9.17, 15) is 14.7 Å². The largest absolute Gasteiger partial charge is 0.480 e. The number of carboxylic acids is 1. The Labute approximate surface area is 162 Å². The molecule has 7 nitrogen and oxygen atoms in total. The summed E-state index contributed by atoms with van der Waals surface area (Å²) >= 11 is 6.18. The van der Waals surface area contributed by atoms with Crippen LogP contribution in [0.1, 0.15) is 26.3 Å². The first-order valence-corrected chi connectivity index (χ1v) is 9.12. The van der Waals surface area contributed by atoms with Gasteiger partial charge in [-0.3, -0.25) is 9.80 Å². The molecule has 0 aliphatic carbocycles. The van der Waals surface area contributed by atoms with Crippen LogP contribution in [0.2, 0.25) is 5.02 Å². The van der Waals surface area contributed by atoms with Gasteiger partial charge in [0.2, 0.25) is 0 Å². The third kappa shape index (κ3) is 4.54. The van der Waals surface area contributed by atoms with Crippen molar-refractivity contribution in [2.75, 3.05) is 19.6 Å². The number of aliphatic carboxylic acids is 1. The highest BCUT2D eigenvalue weighted by molar-refractivity contribution is 6.31. The molecule has 2 aromatic rings. The first-order chi connectivity index (χ1) is 12.6.